The predicted molar refractivity (Wildman–Crippen MR) is 110 cm³/mol. The largest absolute Gasteiger partial charge is 0.505 e. The Morgan fingerprint density at radius 1 is 1.24 bits per heavy atom. The molecule has 2 aromatic carbocycles. The summed E-state index contributed by atoms with van der Waals surface area (Å²) in [5.74, 6) is -1.95. The zero-order chi connectivity index (χ0) is 21.2. The van der Waals surface area contributed by atoms with Gasteiger partial charge in [-0.25, -0.2) is 13.2 Å². The maximum absolute atomic E-state index is 13.0. The molecule has 0 saturated carbocycles. The molecule has 1 fully saturated rings. The Hall–Kier alpha value is -2.50. The van der Waals surface area contributed by atoms with E-state index in [1.54, 1.807) is 6.07 Å². The number of methoxy groups -OCH3 is 1. The van der Waals surface area contributed by atoms with E-state index in [1.165, 1.54) is 31.4 Å². The molecule has 0 radical (unpaired) electrons. The highest BCUT2D eigenvalue weighted by molar-refractivity contribution is 9.10. The number of carbonyl (C=O) groups is 1. The number of ether oxygens (including phenoxy) is 2. The van der Waals surface area contributed by atoms with Crippen LogP contribution >= 0.6 is 15.9 Å². The standard InChI is InChI=1S/C18H19BrN2O7S/c1-27-15-3-2-11(19)8-16(15)29(25,26)20-14-10-12(21-4-6-28-7-5-21)9-13(17(14)22)18(23)24/h2-3,8-10,20,22H,4-7H2,1H3,(H,23,24). The Morgan fingerprint density at radius 2 is 1.93 bits per heavy atom. The van der Waals surface area contributed by atoms with Crippen molar-refractivity contribution in [3.8, 4) is 11.5 Å². The van der Waals surface area contributed by atoms with Crippen molar-refractivity contribution >= 4 is 43.3 Å². The molecule has 0 amide bonds. The average molecular weight is 487 g/mol. The predicted octanol–water partition coefficient (Wildman–Crippen LogP) is 2.50. The number of nitrogens with one attached hydrogen (secondary N) is 1. The van der Waals surface area contributed by atoms with E-state index in [0.29, 0.717) is 36.5 Å². The van der Waals surface area contributed by atoms with E-state index in [4.69, 9.17) is 9.47 Å². The number of rotatable bonds is 6. The van der Waals surface area contributed by atoms with Crippen LogP contribution in [0.3, 0.4) is 0 Å². The highest BCUT2D eigenvalue weighted by Crippen LogP contribution is 2.36. The van der Waals surface area contributed by atoms with Crippen molar-refractivity contribution < 1.29 is 32.9 Å². The molecule has 3 rings (SSSR count). The summed E-state index contributed by atoms with van der Waals surface area (Å²) in [4.78, 5) is 13.3. The lowest BCUT2D eigenvalue weighted by atomic mass is 10.1. The minimum absolute atomic E-state index is 0.1000. The van der Waals surface area contributed by atoms with Crippen LogP contribution in [0.5, 0.6) is 11.5 Å². The first-order valence-electron chi connectivity index (χ1n) is 8.52. The van der Waals surface area contributed by atoms with Crippen molar-refractivity contribution in [1.29, 1.82) is 0 Å². The number of phenols is 1. The summed E-state index contributed by atoms with van der Waals surface area (Å²) < 4.78 is 39.1. The zero-order valence-corrected chi connectivity index (χ0v) is 17.8. The van der Waals surface area contributed by atoms with Crippen molar-refractivity contribution in [3.05, 3.63) is 40.4 Å². The minimum atomic E-state index is -4.19. The number of anilines is 2. The molecule has 0 bridgehead atoms. The van der Waals surface area contributed by atoms with Gasteiger partial charge in [-0.3, -0.25) is 4.72 Å². The number of hydrogen-bond donors (Lipinski definition) is 3. The van der Waals surface area contributed by atoms with Crippen molar-refractivity contribution in [2.75, 3.05) is 43.0 Å². The smallest absolute Gasteiger partial charge is 0.339 e. The third kappa shape index (κ3) is 4.57. The summed E-state index contributed by atoms with van der Waals surface area (Å²) >= 11 is 3.22. The second kappa shape index (κ2) is 8.47. The Morgan fingerprint density at radius 3 is 2.55 bits per heavy atom. The summed E-state index contributed by atoms with van der Waals surface area (Å²) in [6, 6.07) is 7.15. The topological polar surface area (TPSA) is 125 Å². The first-order valence-corrected chi connectivity index (χ1v) is 10.8. The van der Waals surface area contributed by atoms with E-state index in [1.807, 2.05) is 4.90 Å². The van der Waals surface area contributed by atoms with E-state index in [2.05, 4.69) is 20.7 Å². The van der Waals surface area contributed by atoms with E-state index in [-0.39, 0.29) is 16.3 Å². The molecule has 0 aliphatic carbocycles. The molecule has 1 aliphatic heterocycles. The lowest BCUT2D eigenvalue weighted by Crippen LogP contribution is -2.36. The molecule has 0 atom stereocenters. The van der Waals surface area contributed by atoms with Crippen LogP contribution in [0.25, 0.3) is 0 Å². The van der Waals surface area contributed by atoms with Gasteiger partial charge in [-0.1, -0.05) is 15.9 Å². The molecule has 1 aliphatic rings. The molecule has 11 heteroatoms. The second-order valence-electron chi connectivity index (χ2n) is 6.19. The zero-order valence-electron chi connectivity index (χ0n) is 15.4. The van der Waals surface area contributed by atoms with Crippen LogP contribution in [0.2, 0.25) is 0 Å². The van der Waals surface area contributed by atoms with Crippen molar-refractivity contribution in [1.82, 2.24) is 0 Å². The second-order valence-corrected chi connectivity index (χ2v) is 8.76. The normalized spacial score (nSPS) is 14.5. The summed E-state index contributed by atoms with van der Waals surface area (Å²) in [6.45, 7) is 1.93. The Labute approximate surface area is 176 Å². The van der Waals surface area contributed by atoms with Crippen molar-refractivity contribution in [3.63, 3.8) is 0 Å². The number of carboxylic acid groups (broad SMARTS) is 1. The van der Waals surface area contributed by atoms with Gasteiger partial charge in [-0.15, -0.1) is 0 Å². The molecule has 0 unspecified atom stereocenters. The maximum atomic E-state index is 13.0. The fourth-order valence-electron chi connectivity index (χ4n) is 2.92. The van der Waals surface area contributed by atoms with Gasteiger partial charge in [0, 0.05) is 23.2 Å². The summed E-state index contributed by atoms with van der Waals surface area (Å²) in [6.07, 6.45) is 0. The number of aromatic hydroxyl groups is 1. The van der Waals surface area contributed by atoms with Crippen molar-refractivity contribution in [2.45, 2.75) is 4.90 Å². The molecule has 2 aromatic rings. The highest BCUT2D eigenvalue weighted by Gasteiger charge is 2.25. The number of halogens is 1. The lowest BCUT2D eigenvalue weighted by Gasteiger charge is -2.29. The number of nitrogens with zero attached hydrogens (tertiary/aromatic N) is 1. The van der Waals surface area contributed by atoms with Crippen molar-refractivity contribution in [2.24, 2.45) is 0 Å². The van der Waals surface area contributed by atoms with Gasteiger partial charge in [0.15, 0.2) is 5.75 Å². The number of carboxylic acids is 1. The third-order valence-corrected chi connectivity index (χ3v) is 6.24. The molecule has 1 saturated heterocycles. The fraction of sp³-hybridized carbons (Fsp3) is 0.278. The maximum Gasteiger partial charge on any atom is 0.339 e. The first-order chi connectivity index (χ1) is 13.7. The van der Waals surface area contributed by atoms with Gasteiger partial charge in [-0.05, 0) is 30.3 Å². The SMILES string of the molecule is COc1ccc(Br)cc1S(=O)(=O)Nc1cc(N2CCOCC2)cc(C(=O)O)c1O. The summed E-state index contributed by atoms with van der Waals surface area (Å²) in [5.41, 5.74) is -0.191. The van der Waals surface area contributed by atoms with E-state index < -0.39 is 27.3 Å². The highest BCUT2D eigenvalue weighted by atomic mass is 79.9. The average Bonchev–Trinajstić information content (AvgIpc) is 2.69. The molecule has 1 heterocycles. The van der Waals surface area contributed by atoms with Crippen LogP contribution in [0.4, 0.5) is 11.4 Å². The van der Waals surface area contributed by atoms with Crippen LogP contribution in [0.15, 0.2) is 39.7 Å². The van der Waals surface area contributed by atoms with Gasteiger partial charge >= 0.3 is 5.97 Å². The van der Waals surface area contributed by atoms with E-state index in [9.17, 15) is 23.4 Å². The molecule has 0 spiro atoms. The van der Waals surface area contributed by atoms with E-state index in [0.717, 1.165) is 0 Å². The minimum Gasteiger partial charge on any atom is -0.505 e. The number of morpholine rings is 1. The van der Waals surface area contributed by atoms with Gasteiger partial charge in [0.1, 0.15) is 16.2 Å². The Kier molecular flexibility index (Phi) is 6.20. The van der Waals surface area contributed by atoms with Crippen LogP contribution in [0, 0.1) is 0 Å². The lowest BCUT2D eigenvalue weighted by molar-refractivity contribution is 0.0694. The fourth-order valence-corrected chi connectivity index (χ4v) is 4.69. The Balaban J connectivity index is 2.06. The third-order valence-electron chi connectivity index (χ3n) is 4.36. The number of benzene rings is 2. The molecule has 9 nitrogen and oxygen atoms in total. The van der Waals surface area contributed by atoms with Gasteiger partial charge < -0.3 is 24.6 Å². The van der Waals surface area contributed by atoms with Crippen LogP contribution in [-0.4, -0.2) is 58.0 Å². The van der Waals surface area contributed by atoms with Crippen LogP contribution in [0.1, 0.15) is 10.4 Å². The molecule has 156 valence electrons. The number of sulfonamides is 1. The van der Waals surface area contributed by atoms with Crippen LogP contribution in [-0.2, 0) is 14.8 Å². The summed E-state index contributed by atoms with van der Waals surface area (Å²) in [7, 11) is -2.86. The van der Waals surface area contributed by atoms with Gasteiger partial charge in [-0.2, -0.15) is 0 Å². The van der Waals surface area contributed by atoms with E-state index >= 15 is 0 Å². The monoisotopic (exact) mass is 486 g/mol. The number of aromatic carboxylic acids is 1. The molecule has 0 aromatic heterocycles. The van der Waals surface area contributed by atoms with Gasteiger partial charge in [0.25, 0.3) is 10.0 Å². The summed E-state index contributed by atoms with van der Waals surface area (Å²) in [5, 5.41) is 19.8. The molecular formula is C18H19BrN2O7S. The number of hydrogen-bond acceptors (Lipinski definition) is 7. The van der Waals surface area contributed by atoms with Gasteiger partial charge in [0.2, 0.25) is 0 Å². The molecular weight excluding hydrogens is 468 g/mol. The molecule has 3 N–H and O–H groups in total. The molecule has 29 heavy (non-hydrogen) atoms. The first kappa shape index (κ1) is 21.2. The van der Waals surface area contributed by atoms with Gasteiger partial charge in [0.05, 0.1) is 26.0 Å². The Bertz CT molecular complexity index is 1040. The quantitative estimate of drug-likeness (QED) is 0.531. The van der Waals surface area contributed by atoms with Crippen LogP contribution < -0.4 is 14.4 Å².